The van der Waals surface area contributed by atoms with Crippen molar-refractivity contribution in [2.45, 2.75) is 6.04 Å². The van der Waals surface area contributed by atoms with Crippen molar-refractivity contribution in [2.75, 3.05) is 11.9 Å². The second-order valence-electron chi connectivity index (χ2n) is 3.02. The summed E-state index contributed by atoms with van der Waals surface area (Å²) in [5, 5.41) is 20.0. The van der Waals surface area contributed by atoms with Gasteiger partial charge in [0.2, 0.25) is 0 Å². The van der Waals surface area contributed by atoms with Crippen LogP contribution in [0, 0.1) is 11.3 Å². The summed E-state index contributed by atoms with van der Waals surface area (Å²) in [6.07, 6.45) is 0. The van der Waals surface area contributed by atoms with Gasteiger partial charge in [-0.25, -0.2) is 0 Å². The van der Waals surface area contributed by atoms with Crippen LogP contribution in [0.15, 0.2) is 24.3 Å². The first-order valence-electron chi connectivity index (χ1n) is 4.36. The number of nitrogens with two attached hydrogens (primary N) is 1. The van der Waals surface area contributed by atoms with Gasteiger partial charge < -0.3 is 16.2 Å². The standard InChI is InChI=1S/C10H11N3O2/c11-5-7-2-1-3-8(4-7)13-6-9(12)10(14)15/h1-4,9,13H,6,12H2,(H,14,15). The number of carboxylic acid groups (broad SMARTS) is 1. The molecule has 1 aromatic rings. The first-order valence-corrected chi connectivity index (χ1v) is 4.36. The topological polar surface area (TPSA) is 99.1 Å². The van der Waals surface area contributed by atoms with E-state index >= 15 is 0 Å². The van der Waals surface area contributed by atoms with Crippen LogP contribution in [0.25, 0.3) is 0 Å². The van der Waals surface area contributed by atoms with Gasteiger partial charge in [-0.2, -0.15) is 5.26 Å². The number of carboxylic acids is 1. The third kappa shape index (κ3) is 3.29. The van der Waals surface area contributed by atoms with E-state index in [1.807, 2.05) is 6.07 Å². The SMILES string of the molecule is N#Cc1cccc(NCC(N)C(=O)O)c1. The Morgan fingerprint density at radius 2 is 2.40 bits per heavy atom. The van der Waals surface area contributed by atoms with Gasteiger partial charge in [-0.1, -0.05) is 6.07 Å². The van der Waals surface area contributed by atoms with Crippen molar-refractivity contribution >= 4 is 11.7 Å². The summed E-state index contributed by atoms with van der Waals surface area (Å²) in [6.45, 7) is 0.129. The highest BCUT2D eigenvalue weighted by Crippen LogP contribution is 2.09. The number of rotatable bonds is 4. The highest BCUT2D eigenvalue weighted by molar-refractivity contribution is 5.74. The smallest absolute Gasteiger partial charge is 0.322 e. The maximum atomic E-state index is 10.4. The lowest BCUT2D eigenvalue weighted by molar-refractivity contribution is -0.138. The fraction of sp³-hybridized carbons (Fsp3) is 0.200. The van der Waals surface area contributed by atoms with Gasteiger partial charge in [0.05, 0.1) is 11.6 Å². The number of benzene rings is 1. The Balaban J connectivity index is 2.58. The lowest BCUT2D eigenvalue weighted by Crippen LogP contribution is -2.36. The molecule has 0 amide bonds. The molecule has 1 rings (SSSR count). The number of nitrogens with one attached hydrogen (secondary N) is 1. The van der Waals surface area contributed by atoms with Gasteiger partial charge in [0, 0.05) is 12.2 Å². The van der Waals surface area contributed by atoms with Gasteiger partial charge in [0.1, 0.15) is 6.04 Å². The number of anilines is 1. The predicted molar refractivity (Wildman–Crippen MR) is 55.3 cm³/mol. The molecule has 0 aliphatic rings. The van der Waals surface area contributed by atoms with Crippen LogP contribution >= 0.6 is 0 Å². The molecule has 0 bridgehead atoms. The van der Waals surface area contributed by atoms with E-state index in [4.69, 9.17) is 16.1 Å². The molecule has 0 saturated heterocycles. The summed E-state index contributed by atoms with van der Waals surface area (Å²) >= 11 is 0. The maximum absolute atomic E-state index is 10.4. The summed E-state index contributed by atoms with van der Waals surface area (Å²) in [5.41, 5.74) is 6.51. The molecule has 0 heterocycles. The number of aliphatic carboxylic acids is 1. The first kappa shape index (κ1) is 11.0. The molecule has 4 N–H and O–H groups in total. The largest absolute Gasteiger partial charge is 0.480 e. The molecule has 1 aromatic carbocycles. The summed E-state index contributed by atoms with van der Waals surface area (Å²) in [7, 11) is 0. The van der Waals surface area contributed by atoms with Gasteiger partial charge in [0.15, 0.2) is 0 Å². The Labute approximate surface area is 87.1 Å². The molecule has 0 aliphatic carbocycles. The number of carbonyl (C=O) groups is 1. The molecule has 5 nitrogen and oxygen atoms in total. The van der Waals surface area contributed by atoms with Crippen molar-refractivity contribution in [1.82, 2.24) is 0 Å². The van der Waals surface area contributed by atoms with Crippen LogP contribution in [0.2, 0.25) is 0 Å². The van der Waals surface area contributed by atoms with E-state index in [0.29, 0.717) is 11.3 Å². The van der Waals surface area contributed by atoms with Crippen LogP contribution in [0.3, 0.4) is 0 Å². The van der Waals surface area contributed by atoms with Gasteiger partial charge in [-0.3, -0.25) is 4.79 Å². The molecule has 1 unspecified atom stereocenters. The number of hydrogen-bond acceptors (Lipinski definition) is 4. The van der Waals surface area contributed by atoms with Crippen LogP contribution in [0.1, 0.15) is 5.56 Å². The average molecular weight is 205 g/mol. The highest BCUT2D eigenvalue weighted by atomic mass is 16.4. The lowest BCUT2D eigenvalue weighted by Gasteiger charge is -2.09. The quantitative estimate of drug-likeness (QED) is 0.660. The van der Waals surface area contributed by atoms with Gasteiger partial charge >= 0.3 is 5.97 Å². The molecule has 78 valence electrons. The van der Waals surface area contributed by atoms with Gasteiger partial charge in [0.25, 0.3) is 0 Å². The van der Waals surface area contributed by atoms with Crippen LogP contribution in [-0.2, 0) is 4.79 Å². The molecule has 0 aromatic heterocycles. The molecule has 5 heteroatoms. The Morgan fingerprint density at radius 3 is 3.00 bits per heavy atom. The van der Waals surface area contributed by atoms with Crippen LogP contribution < -0.4 is 11.1 Å². The first-order chi connectivity index (χ1) is 7.13. The molecule has 0 radical (unpaired) electrons. The fourth-order valence-corrected chi connectivity index (χ4v) is 1.01. The average Bonchev–Trinajstić information content (AvgIpc) is 2.26. The number of nitrogens with zero attached hydrogens (tertiary/aromatic N) is 1. The van der Waals surface area contributed by atoms with Crippen molar-refractivity contribution in [1.29, 1.82) is 5.26 Å². The second-order valence-corrected chi connectivity index (χ2v) is 3.02. The van der Waals surface area contributed by atoms with Crippen molar-refractivity contribution in [3.63, 3.8) is 0 Å². The highest BCUT2D eigenvalue weighted by Gasteiger charge is 2.10. The minimum atomic E-state index is -1.06. The molecular weight excluding hydrogens is 194 g/mol. The van der Waals surface area contributed by atoms with E-state index in [1.54, 1.807) is 24.3 Å². The third-order valence-electron chi connectivity index (χ3n) is 1.83. The van der Waals surface area contributed by atoms with Gasteiger partial charge in [-0.05, 0) is 18.2 Å². The summed E-state index contributed by atoms with van der Waals surface area (Å²) < 4.78 is 0. The van der Waals surface area contributed by atoms with E-state index in [9.17, 15) is 4.79 Å². The van der Waals surface area contributed by atoms with Crippen LogP contribution in [-0.4, -0.2) is 23.7 Å². The van der Waals surface area contributed by atoms with E-state index < -0.39 is 12.0 Å². The van der Waals surface area contributed by atoms with Crippen molar-refractivity contribution < 1.29 is 9.90 Å². The molecule has 0 fully saturated rings. The molecule has 0 saturated carbocycles. The van der Waals surface area contributed by atoms with E-state index in [2.05, 4.69) is 5.32 Å². The minimum absolute atomic E-state index is 0.129. The number of hydrogen-bond donors (Lipinski definition) is 3. The minimum Gasteiger partial charge on any atom is -0.480 e. The third-order valence-corrected chi connectivity index (χ3v) is 1.83. The zero-order valence-corrected chi connectivity index (χ0v) is 7.97. The van der Waals surface area contributed by atoms with Gasteiger partial charge in [-0.15, -0.1) is 0 Å². The lowest BCUT2D eigenvalue weighted by atomic mass is 10.2. The predicted octanol–water partition coefficient (Wildman–Crippen LogP) is 0.382. The molecular formula is C10H11N3O2. The van der Waals surface area contributed by atoms with Crippen molar-refractivity contribution in [3.8, 4) is 6.07 Å². The molecule has 0 spiro atoms. The Kier molecular flexibility index (Phi) is 3.66. The molecule has 15 heavy (non-hydrogen) atoms. The van der Waals surface area contributed by atoms with Crippen LogP contribution in [0.5, 0.6) is 0 Å². The maximum Gasteiger partial charge on any atom is 0.322 e. The van der Waals surface area contributed by atoms with Crippen LogP contribution in [0.4, 0.5) is 5.69 Å². The van der Waals surface area contributed by atoms with E-state index in [0.717, 1.165) is 0 Å². The van der Waals surface area contributed by atoms with E-state index in [-0.39, 0.29) is 6.54 Å². The Bertz CT molecular complexity index is 398. The van der Waals surface area contributed by atoms with Crippen molar-refractivity contribution in [2.24, 2.45) is 5.73 Å². The summed E-state index contributed by atoms with van der Waals surface area (Å²) in [4.78, 5) is 10.4. The monoisotopic (exact) mass is 205 g/mol. The second kappa shape index (κ2) is 4.98. The molecule has 1 atom stereocenters. The summed E-state index contributed by atoms with van der Waals surface area (Å²) in [5.74, 6) is -1.06. The molecule has 0 aliphatic heterocycles. The normalized spacial score (nSPS) is 11.5. The fourth-order valence-electron chi connectivity index (χ4n) is 1.01. The Morgan fingerprint density at radius 1 is 1.67 bits per heavy atom. The number of nitriles is 1. The van der Waals surface area contributed by atoms with Crippen molar-refractivity contribution in [3.05, 3.63) is 29.8 Å². The zero-order chi connectivity index (χ0) is 11.3. The zero-order valence-electron chi connectivity index (χ0n) is 7.97. The Hall–Kier alpha value is -2.06. The summed E-state index contributed by atoms with van der Waals surface area (Å²) in [6, 6.07) is 7.81. The van der Waals surface area contributed by atoms with E-state index in [1.165, 1.54) is 0 Å².